The van der Waals surface area contributed by atoms with Crippen molar-refractivity contribution in [1.82, 2.24) is 15.5 Å². The van der Waals surface area contributed by atoms with Crippen molar-refractivity contribution in [2.75, 3.05) is 36.5 Å². The van der Waals surface area contributed by atoms with Crippen LogP contribution in [0.25, 0.3) is 11.0 Å². The molecular formula is C15H15N5O4. The van der Waals surface area contributed by atoms with Crippen LogP contribution in [0.3, 0.4) is 0 Å². The molecule has 9 heteroatoms. The van der Waals surface area contributed by atoms with Crippen molar-refractivity contribution in [3.63, 3.8) is 0 Å². The van der Waals surface area contributed by atoms with Gasteiger partial charge in [0.15, 0.2) is 16.7 Å². The maximum absolute atomic E-state index is 12.2. The minimum Gasteiger partial charge on any atom is -0.378 e. The fraction of sp³-hybridized carbons (Fsp3) is 0.333. The molecule has 0 unspecified atom stereocenters. The summed E-state index contributed by atoms with van der Waals surface area (Å²) in [4.78, 5) is 14.4. The van der Waals surface area contributed by atoms with Crippen molar-refractivity contribution in [1.29, 1.82) is 0 Å². The van der Waals surface area contributed by atoms with Crippen molar-refractivity contribution in [2.24, 2.45) is 0 Å². The number of ether oxygens (including phenoxy) is 1. The number of carbonyl (C=O) groups is 1. The number of carbonyl (C=O) groups excluding carboxylic acids is 1. The van der Waals surface area contributed by atoms with Gasteiger partial charge in [-0.1, -0.05) is 5.16 Å². The fourth-order valence-corrected chi connectivity index (χ4v) is 2.67. The Bertz CT molecular complexity index is 881. The first-order valence-electron chi connectivity index (χ1n) is 7.55. The van der Waals surface area contributed by atoms with E-state index in [0.29, 0.717) is 35.7 Å². The van der Waals surface area contributed by atoms with Gasteiger partial charge in [-0.25, -0.2) is 4.63 Å². The first-order chi connectivity index (χ1) is 11.7. The van der Waals surface area contributed by atoms with Gasteiger partial charge in [-0.05, 0) is 29.4 Å². The standard InChI is InChI=1S/C15H15N5O4/c1-9-8-11(17-23-9)15(21)16-10-2-3-12(14-13(10)18-24-19-14)20-4-6-22-7-5-20/h2-3,8H,4-7H2,1H3,(H,16,21). The van der Waals surface area contributed by atoms with E-state index in [1.165, 1.54) is 0 Å². The van der Waals surface area contributed by atoms with Crippen LogP contribution in [0.5, 0.6) is 0 Å². The van der Waals surface area contributed by atoms with Crippen LogP contribution in [-0.2, 0) is 4.74 Å². The van der Waals surface area contributed by atoms with E-state index < -0.39 is 0 Å². The van der Waals surface area contributed by atoms with E-state index in [4.69, 9.17) is 13.9 Å². The number of amides is 1. The van der Waals surface area contributed by atoms with Gasteiger partial charge in [0.05, 0.1) is 24.6 Å². The molecule has 24 heavy (non-hydrogen) atoms. The largest absolute Gasteiger partial charge is 0.378 e. The lowest BCUT2D eigenvalue weighted by molar-refractivity contribution is 0.101. The number of aromatic nitrogens is 3. The molecule has 3 aromatic rings. The molecule has 1 N–H and O–H groups in total. The van der Waals surface area contributed by atoms with E-state index in [1.807, 2.05) is 6.07 Å². The molecule has 0 bridgehead atoms. The number of morpholine rings is 1. The van der Waals surface area contributed by atoms with Crippen LogP contribution in [0.2, 0.25) is 0 Å². The number of anilines is 2. The lowest BCUT2D eigenvalue weighted by Crippen LogP contribution is -2.36. The van der Waals surface area contributed by atoms with Gasteiger partial charge < -0.3 is 19.5 Å². The molecular weight excluding hydrogens is 314 g/mol. The normalized spacial score (nSPS) is 15.0. The number of hydrogen-bond donors (Lipinski definition) is 1. The Hall–Kier alpha value is -2.94. The number of rotatable bonds is 3. The lowest BCUT2D eigenvalue weighted by Gasteiger charge is -2.28. The summed E-state index contributed by atoms with van der Waals surface area (Å²) in [5.41, 5.74) is 2.71. The second-order valence-electron chi connectivity index (χ2n) is 5.47. The van der Waals surface area contributed by atoms with E-state index >= 15 is 0 Å². The summed E-state index contributed by atoms with van der Waals surface area (Å²) < 4.78 is 15.2. The van der Waals surface area contributed by atoms with Crippen molar-refractivity contribution in [3.8, 4) is 0 Å². The number of hydrogen-bond acceptors (Lipinski definition) is 8. The molecule has 1 aliphatic heterocycles. The smallest absolute Gasteiger partial charge is 0.277 e. The third-order valence-corrected chi connectivity index (χ3v) is 3.85. The molecule has 1 amide bonds. The summed E-state index contributed by atoms with van der Waals surface area (Å²) in [7, 11) is 0. The highest BCUT2D eigenvalue weighted by Crippen LogP contribution is 2.30. The molecule has 0 atom stereocenters. The van der Waals surface area contributed by atoms with E-state index in [2.05, 4.69) is 25.7 Å². The number of fused-ring (bicyclic) bond motifs is 1. The molecule has 2 aromatic heterocycles. The topological polar surface area (TPSA) is 107 Å². The lowest BCUT2D eigenvalue weighted by atomic mass is 10.2. The average molecular weight is 329 g/mol. The molecule has 0 spiro atoms. The first-order valence-corrected chi connectivity index (χ1v) is 7.55. The van der Waals surface area contributed by atoms with E-state index in [9.17, 15) is 4.79 Å². The van der Waals surface area contributed by atoms with Crippen molar-refractivity contribution >= 4 is 28.3 Å². The summed E-state index contributed by atoms with van der Waals surface area (Å²) in [6, 6.07) is 5.24. The summed E-state index contributed by atoms with van der Waals surface area (Å²) >= 11 is 0. The SMILES string of the molecule is Cc1cc(C(=O)Nc2ccc(N3CCOCC3)c3nonc23)no1. The molecule has 0 radical (unpaired) electrons. The van der Waals surface area contributed by atoms with Gasteiger partial charge in [-0.2, -0.15) is 0 Å². The van der Waals surface area contributed by atoms with E-state index in [0.717, 1.165) is 18.8 Å². The van der Waals surface area contributed by atoms with Gasteiger partial charge in [-0.15, -0.1) is 0 Å². The molecule has 124 valence electrons. The van der Waals surface area contributed by atoms with Crippen molar-refractivity contribution in [3.05, 3.63) is 29.7 Å². The van der Waals surface area contributed by atoms with Gasteiger partial charge in [0.2, 0.25) is 0 Å². The zero-order chi connectivity index (χ0) is 16.5. The summed E-state index contributed by atoms with van der Waals surface area (Å²) in [5, 5.41) is 14.4. The summed E-state index contributed by atoms with van der Waals surface area (Å²) in [6.07, 6.45) is 0. The molecule has 0 saturated carbocycles. The van der Waals surface area contributed by atoms with Crippen LogP contribution in [0.15, 0.2) is 27.4 Å². The Morgan fingerprint density at radius 2 is 1.96 bits per heavy atom. The zero-order valence-corrected chi connectivity index (χ0v) is 13.0. The Labute approximate surface area is 136 Å². The average Bonchev–Trinajstić information content (AvgIpc) is 3.25. The maximum Gasteiger partial charge on any atom is 0.277 e. The van der Waals surface area contributed by atoms with E-state index in [1.54, 1.807) is 19.1 Å². The number of aryl methyl sites for hydroxylation is 1. The van der Waals surface area contributed by atoms with Gasteiger partial charge >= 0.3 is 0 Å². The summed E-state index contributed by atoms with van der Waals surface area (Å²) in [5.74, 6) is 0.186. The van der Waals surface area contributed by atoms with Crippen LogP contribution in [-0.4, -0.2) is 47.7 Å². The minimum atomic E-state index is -0.379. The fourth-order valence-electron chi connectivity index (χ4n) is 2.67. The molecule has 1 aromatic carbocycles. The Kier molecular flexibility index (Phi) is 3.62. The molecule has 9 nitrogen and oxygen atoms in total. The van der Waals surface area contributed by atoms with Crippen LogP contribution < -0.4 is 10.2 Å². The second kappa shape index (κ2) is 5.93. The monoisotopic (exact) mass is 329 g/mol. The number of nitrogens with zero attached hydrogens (tertiary/aromatic N) is 4. The van der Waals surface area contributed by atoms with Crippen LogP contribution in [0.1, 0.15) is 16.2 Å². The van der Waals surface area contributed by atoms with Crippen molar-refractivity contribution < 1.29 is 18.7 Å². The van der Waals surface area contributed by atoms with Gasteiger partial charge in [0.25, 0.3) is 5.91 Å². The number of nitrogens with one attached hydrogen (secondary N) is 1. The van der Waals surface area contributed by atoms with E-state index in [-0.39, 0.29) is 11.6 Å². The molecule has 4 rings (SSSR count). The highest BCUT2D eigenvalue weighted by atomic mass is 16.6. The third-order valence-electron chi connectivity index (χ3n) is 3.85. The first kappa shape index (κ1) is 14.6. The molecule has 1 fully saturated rings. The van der Waals surface area contributed by atoms with Crippen LogP contribution in [0.4, 0.5) is 11.4 Å². The van der Waals surface area contributed by atoms with Crippen LogP contribution >= 0.6 is 0 Å². The predicted octanol–water partition coefficient (Wildman–Crippen LogP) is 1.61. The predicted molar refractivity (Wildman–Crippen MR) is 84.0 cm³/mol. The quantitative estimate of drug-likeness (QED) is 0.772. The van der Waals surface area contributed by atoms with Gasteiger partial charge in [0.1, 0.15) is 5.76 Å². The molecule has 1 aliphatic rings. The molecule has 3 heterocycles. The Morgan fingerprint density at radius 1 is 1.17 bits per heavy atom. The molecule has 0 aliphatic carbocycles. The second-order valence-corrected chi connectivity index (χ2v) is 5.47. The Balaban J connectivity index is 1.65. The minimum absolute atomic E-state index is 0.203. The maximum atomic E-state index is 12.2. The van der Waals surface area contributed by atoms with Gasteiger partial charge in [0, 0.05) is 19.2 Å². The highest BCUT2D eigenvalue weighted by Gasteiger charge is 2.20. The summed E-state index contributed by atoms with van der Waals surface area (Å²) in [6.45, 7) is 4.59. The van der Waals surface area contributed by atoms with Gasteiger partial charge in [-0.3, -0.25) is 4.79 Å². The zero-order valence-electron chi connectivity index (χ0n) is 13.0. The number of benzene rings is 1. The highest BCUT2D eigenvalue weighted by molar-refractivity contribution is 6.08. The van der Waals surface area contributed by atoms with Crippen molar-refractivity contribution in [2.45, 2.75) is 6.92 Å². The third kappa shape index (κ3) is 2.58. The molecule has 1 saturated heterocycles. The van der Waals surface area contributed by atoms with Crippen LogP contribution in [0, 0.1) is 6.92 Å². The Morgan fingerprint density at radius 3 is 2.71 bits per heavy atom.